The highest BCUT2D eigenvalue weighted by Gasteiger charge is 2.15. The lowest BCUT2D eigenvalue weighted by Crippen LogP contribution is -2.21. The fourth-order valence-electron chi connectivity index (χ4n) is 3.05. The molecule has 0 amide bonds. The maximum Gasteiger partial charge on any atom is 0.261 e. The molecule has 6 nitrogen and oxygen atoms in total. The molecule has 146 valence electrons. The van der Waals surface area contributed by atoms with Gasteiger partial charge in [0.2, 0.25) is 0 Å². The summed E-state index contributed by atoms with van der Waals surface area (Å²) in [5.41, 5.74) is 2.55. The molecule has 0 aliphatic carbocycles. The minimum absolute atomic E-state index is 0.163. The molecule has 4 aromatic rings. The van der Waals surface area contributed by atoms with Crippen LogP contribution in [0.2, 0.25) is 0 Å². The quantitative estimate of drug-likeness (QED) is 0.551. The van der Waals surface area contributed by atoms with Crippen LogP contribution in [0, 0.1) is 6.92 Å². The van der Waals surface area contributed by atoms with Crippen molar-refractivity contribution in [3.8, 4) is 0 Å². The van der Waals surface area contributed by atoms with Crippen LogP contribution in [0.4, 0.5) is 5.69 Å². The van der Waals surface area contributed by atoms with Crippen molar-refractivity contribution in [2.75, 3.05) is 4.72 Å². The van der Waals surface area contributed by atoms with Crippen LogP contribution in [0.3, 0.4) is 0 Å². The van der Waals surface area contributed by atoms with Crippen molar-refractivity contribution in [2.45, 2.75) is 18.4 Å². The Balaban J connectivity index is 1.69. The highest BCUT2D eigenvalue weighted by molar-refractivity contribution is 7.92. The highest BCUT2D eigenvalue weighted by atomic mass is 32.2. The van der Waals surface area contributed by atoms with E-state index in [1.54, 1.807) is 36.4 Å². The van der Waals surface area contributed by atoms with Crippen molar-refractivity contribution in [3.05, 3.63) is 101 Å². The molecule has 0 unspecified atom stereocenters. The number of hydrogen-bond acceptors (Lipinski definition) is 4. The molecule has 29 heavy (non-hydrogen) atoms. The Hall–Kier alpha value is -3.45. The standard InChI is InChI=1S/C22H19N3O3S/c1-16-7-10-19(11-8-16)29(27,28)24-18-9-12-21-20(13-18)22(26)25(15-23-21)14-17-5-3-2-4-6-17/h2-13,15,24H,14H2,1H3. The monoisotopic (exact) mass is 405 g/mol. The van der Waals surface area contributed by atoms with Crippen molar-refractivity contribution < 1.29 is 8.42 Å². The Labute approximate surface area is 168 Å². The van der Waals surface area contributed by atoms with Gasteiger partial charge in [-0.1, -0.05) is 48.0 Å². The maximum atomic E-state index is 12.9. The molecule has 0 radical (unpaired) electrons. The third-order valence-electron chi connectivity index (χ3n) is 4.60. The molecule has 1 N–H and O–H groups in total. The second-order valence-corrected chi connectivity index (χ2v) is 8.50. The first-order valence-electron chi connectivity index (χ1n) is 9.05. The van der Waals surface area contributed by atoms with E-state index in [1.807, 2.05) is 37.3 Å². The number of benzene rings is 3. The minimum atomic E-state index is -3.75. The number of aryl methyl sites for hydroxylation is 1. The number of rotatable bonds is 5. The van der Waals surface area contributed by atoms with Crippen LogP contribution in [0.15, 0.2) is 88.8 Å². The molecule has 4 rings (SSSR count). The van der Waals surface area contributed by atoms with Gasteiger partial charge in [-0.2, -0.15) is 0 Å². The number of nitrogens with one attached hydrogen (secondary N) is 1. The summed E-state index contributed by atoms with van der Waals surface area (Å²) in [5, 5.41) is 0.354. The van der Waals surface area contributed by atoms with E-state index in [0.29, 0.717) is 23.1 Å². The summed E-state index contributed by atoms with van der Waals surface area (Å²) < 4.78 is 29.3. The number of anilines is 1. The van der Waals surface area contributed by atoms with Crippen LogP contribution in [-0.4, -0.2) is 18.0 Å². The van der Waals surface area contributed by atoms with Gasteiger partial charge in [0.1, 0.15) is 0 Å². The summed E-state index contributed by atoms with van der Waals surface area (Å²) in [7, 11) is -3.75. The van der Waals surface area contributed by atoms with Gasteiger partial charge in [0.05, 0.1) is 28.7 Å². The van der Waals surface area contributed by atoms with E-state index < -0.39 is 10.0 Å². The third kappa shape index (κ3) is 4.05. The number of fused-ring (bicyclic) bond motifs is 1. The molecule has 1 heterocycles. The topological polar surface area (TPSA) is 81.1 Å². The average molecular weight is 405 g/mol. The van der Waals surface area contributed by atoms with Crippen LogP contribution in [0.1, 0.15) is 11.1 Å². The normalized spacial score (nSPS) is 11.5. The summed E-state index contributed by atoms with van der Waals surface area (Å²) in [6.07, 6.45) is 1.51. The first-order chi connectivity index (χ1) is 13.9. The summed E-state index contributed by atoms with van der Waals surface area (Å²) in [4.78, 5) is 17.4. The second-order valence-electron chi connectivity index (χ2n) is 6.81. The van der Waals surface area contributed by atoms with Gasteiger partial charge in [-0.3, -0.25) is 14.1 Å². The third-order valence-corrected chi connectivity index (χ3v) is 6.00. The fourth-order valence-corrected chi connectivity index (χ4v) is 4.10. The average Bonchev–Trinajstić information content (AvgIpc) is 2.71. The van der Waals surface area contributed by atoms with Crippen molar-refractivity contribution in [1.82, 2.24) is 9.55 Å². The van der Waals surface area contributed by atoms with Gasteiger partial charge in [-0.25, -0.2) is 13.4 Å². The molecular formula is C22H19N3O3S. The maximum absolute atomic E-state index is 12.9. The zero-order chi connectivity index (χ0) is 20.4. The second kappa shape index (κ2) is 7.52. The van der Waals surface area contributed by atoms with Crippen molar-refractivity contribution >= 4 is 26.6 Å². The largest absolute Gasteiger partial charge is 0.294 e. The molecular weight excluding hydrogens is 386 g/mol. The summed E-state index contributed by atoms with van der Waals surface area (Å²) in [6, 6.07) is 20.9. The van der Waals surface area contributed by atoms with Crippen LogP contribution in [0.5, 0.6) is 0 Å². The fraction of sp³-hybridized carbons (Fsp3) is 0.0909. The van der Waals surface area contributed by atoms with E-state index in [9.17, 15) is 13.2 Å². The number of nitrogens with zero attached hydrogens (tertiary/aromatic N) is 2. The lowest BCUT2D eigenvalue weighted by molar-refractivity contribution is 0.601. The van der Waals surface area contributed by atoms with E-state index in [-0.39, 0.29) is 10.5 Å². The Bertz CT molecular complexity index is 1330. The zero-order valence-corrected chi connectivity index (χ0v) is 16.6. The van der Waals surface area contributed by atoms with Gasteiger partial charge >= 0.3 is 0 Å². The van der Waals surface area contributed by atoms with Crippen LogP contribution in [0.25, 0.3) is 10.9 Å². The summed E-state index contributed by atoms with van der Waals surface area (Å²) >= 11 is 0. The van der Waals surface area contributed by atoms with E-state index in [4.69, 9.17) is 0 Å². The Morgan fingerprint density at radius 2 is 1.69 bits per heavy atom. The number of aromatic nitrogens is 2. The predicted molar refractivity (Wildman–Crippen MR) is 114 cm³/mol. The SMILES string of the molecule is Cc1ccc(S(=O)(=O)Nc2ccc3ncn(Cc4ccccc4)c(=O)c3c2)cc1. The van der Waals surface area contributed by atoms with E-state index in [0.717, 1.165) is 11.1 Å². The first-order valence-corrected chi connectivity index (χ1v) is 10.5. The summed E-state index contributed by atoms with van der Waals surface area (Å²) in [6.45, 7) is 2.28. The molecule has 7 heteroatoms. The Morgan fingerprint density at radius 1 is 0.966 bits per heavy atom. The Morgan fingerprint density at radius 3 is 2.41 bits per heavy atom. The van der Waals surface area contributed by atoms with Gasteiger partial charge in [0.25, 0.3) is 15.6 Å². The number of sulfonamides is 1. The molecule has 0 aliphatic rings. The Kier molecular flexibility index (Phi) is 4.90. The predicted octanol–water partition coefficient (Wildman–Crippen LogP) is 3.55. The molecule has 0 aliphatic heterocycles. The van der Waals surface area contributed by atoms with Crippen molar-refractivity contribution in [1.29, 1.82) is 0 Å². The van der Waals surface area contributed by atoms with Crippen LogP contribution < -0.4 is 10.3 Å². The van der Waals surface area contributed by atoms with E-state index >= 15 is 0 Å². The van der Waals surface area contributed by atoms with Crippen LogP contribution in [-0.2, 0) is 16.6 Å². The lowest BCUT2D eigenvalue weighted by atomic mass is 10.2. The van der Waals surface area contributed by atoms with Gasteiger partial charge in [0.15, 0.2) is 0 Å². The highest BCUT2D eigenvalue weighted by Crippen LogP contribution is 2.19. The molecule has 0 saturated heterocycles. The molecule has 0 bridgehead atoms. The van der Waals surface area contributed by atoms with Gasteiger partial charge < -0.3 is 0 Å². The van der Waals surface area contributed by atoms with Gasteiger partial charge in [0, 0.05) is 5.69 Å². The van der Waals surface area contributed by atoms with Gasteiger partial charge in [-0.15, -0.1) is 0 Å². The molecule has 3 aromatic carbocycles. The molecule has 0 spiro atoms. The van der Waals surface area contributed by atoms with Crippen LogP contribution >= 0.6 is 0 Å². The van der Waals surface area contributed by atoms with E-state index in [1.165, 1.54) is 17.0 Å². The minimum Gasteiger partial charge on any atom is -0.294 e. The first kappa shape index (κ1) is 18.9. The lowest BCUT2D eigenvalue weighted by Gasteiger charge is -2.10. The molecule has 0 fully saturated rings. The molecule has 0 saturated carbocycles. The van der Waals surface area contributed by atoms with Crippen molar-refractivity contribution in [2.24, 2.45) is 0 Å². The van der Waals surface area contributed by atoms with E-state index in [2.05, 4.69) is 9.71 Å². The van der Waals surface area contributed by atoms with Gasteiger partial charge in [-0.05, 0) is 42.8 Å². The smallest absolute Gasteiger partial charge is 0.261 e. The number of hydrogen-bond donors (Lipinski definition) is 1. The molecule has 1 aromatic heterocycles. The van der Waals surface area contributed by atoms with Crippen molar-refractivity contribution in [3.63, 3.8) is 0 Å². The summed E-state index contributed by atoms with van der Waals surface area (Å²) in [5.74, 6) is 0. The zero-order valence-electron chi connectivity index (χ0n) is 15.7. The molecule has 0 atom stereocenters.